The molecule has 11 heteroatoms. The number of pyridine rings is 2. The van der Waals surface area contributed by atoms with E-state index in [1.807, 2.05) is 13.0 Å². The number of nitrogens with zero attached hydrogens (tertiary/aromatic N) is 4. The van der Waals surface area contributed by atoms with Crippen LogP contribution >= 0.6 is 0 Å². The van der Waals surface area contributed by atoms with E-state index in [-0.39, 0.29) is 34.5 Å². The Morgan fingerprint density at radius 2 is 1.75 bits per heavy atom. The van der Waals surface area contributed by atoms with Crippen LogP contribution < -0.4 is 5.56 Å². The molecule has 1 fully saturated rings. The van der Waals surface area contributed by atoms with Crippen LogP contribution in [0.2, 0.25) is 0 Å². The van der Waals surface area contributed by atoms with Crippen molar-refractivity contribution in [2.45, 2.75) is 70.0 Å². The van der Waals surface area contributed by atoms with Crippen molar-refractivity contribution >= 4 is 11.2 Å². The lowest BCUT2D eigenvalue weighted by Gasteiger charge is -2.30. The predicted octanol–water partition coefficient (Wildman–Crippen LogP) is 6.95. The zero-order valence-corrected chi connectivity index (χ0v) is 21.6. The molecule has 0 bridgehead atoms. The van der Waals surface area contributed by atoms with E-state index in [1.54, 1.807) is 12.1 Å². The Morgan fingerprint density at radius 1 is 1.02 bits per heavy atom. The molecular weight excluding hydrogens is 534 g/mol. The summed E-state index contributed by atoms with van der Waals surface area (Å²) in [6.07, 6.45) is -3.38. The van der Waals surface area contributed by atoms with Gasteiger partial charge in [0, 0.05) is 18.0 Å². The maximum atomic E-state index is 14.6. The van der Waals surface area contributed by atoms with E-state index in [0.29, 0.717) is 36.8 Å². The molecule has 5 rings (SSSR count). The van der Waals surface area contributed by atoms with Crippen LogP contribution in [0.25, 0.3) is 11.2 Å². The van der Waals surface area contributed by atoms with Gasteiger partial charge >= 0.3 is 6.18 Å². The van der Waals surface area contributed by atoms with Gasteiger partial charge in [0.25, 0.3) is 5.56 Å². The smallest absolute Gasteiger partial charge is 0.285 e. The Kier molecular flexibility index (Phi) is 7.65. The van der Waals surface area contributed by atoms with Crippen LogP contribution in [0, 0.1) is 12.7 Å². The van der Waals surface area contributed by atoms with Gasteiger partial charge < -0.3 is 0 Å². The first-order valence-corrected chi connectivity index (χ1v) is 13.0. The lowest BCUT2D eigenvalue weighted by atomic mass is 9.75. The Bertz CT molecular complexity index is 1570. The molecule has 210 valence electrons. The highest BCUT2D eigenvalue weighted by molar-refractivity contribution is 5.71. The molecule has 3 aromatic heterocycles. The average Bonchev–Trinajstić information content (AvgIpc) is 2.90. The summed E-state index contributed by atoms with van der Waals surface area (Å²) < 4.78 is 82.9. The number of halogens is 6. The molecule has 0 unspecified atom stereocenters. The minimum Gasteiger partial charge on any atom is -0.285 e. The number of rotatable bonds is 6. The normalized spacial score (nSPS) is 18.0. The standard InChI is InChI=1S/C29H26F6N4O/c1-16-4-2-6-22(30)26(16)18-9-7-17(8-10-18)20-13-23-27(38-19(14-37-23)12-25(31)32)39(28(20)40)15-24-21(29(33,34)35)5-3-11-36-24/h2-6,11,13-14,17-18,25H,7-10,12,15H2,1H3/t17-,18-. The number of hydrogen-bond acceptors (Lipinski definition) is 4. The molecule has 0 radical (unpaired) electrons. The summed E-state index contributed by atoms with van der Waals surface area (Å²) in [6.45, 7) is 1.30. The molecule has 1 aliphatic carbocycles. The van der Waals surface area contributed by atoms with Crippen molar-refractivity contribution in [1.29, 1.82) is 0 Å². The van der Waals surface area contributed by atoms with Crippen LogP contribution in [-0.4, -0.2) is 25.9 Å². The third kappa shape index (κ3) is 5.59. The molecule has 0 spiro atoms. The van der Waals surface area contributed by atoms with Gasteiger partial charge in [-0.15, -0.1) is 0 Å². The fourth-order valence-electron chi connectivity index (χ4n) is 5.71. The molecule has 1 saturated carbocycles. The van der Waals surface area contributed by atoms with Gasteiger partial charge in [-0.1, -0.05) is 12.1 Å². The summed E-state index contributed by atoms with van der Waals surface area (Å²) in [7, 11) is 0. The van der Waals surface area contributed by atoms with Crippen molar-refractivity contribution in [3.05, 3.63) is 98.6 Å². The molecule has 0 saturated heterocycles. The first-order chi connectivity index (χ1) is 19.0. The second-order valence-corrected chi connectivity index (χ2v) is 10.2. The Morgan fingerprint density at radius 3 is 2.42 bits per heavy atom. The van der Waals surface area contributed by atoms with Crippen LogP contribution in [0.15, 0.2) is 53.6 Å². The topological polar surface area (TPSA) is 60.7 Å². The highest BCUT2D eigenvalue weighted by Gasteiger charge is 2.34. The van der Waals surface area contributed by atoms with Crippen LogP contribution in [0.5, 0.6) is 0 Å². The Hall–Kier alpha value is -3.76. The third-order valence-corrected chi connectivity index (χ3v) is 7.58. The summed E-state index contributed by atoms with van der Waals surface area (Å²) in [4.78, 5) is 26.1. The summed E-state index contributed by atoms with van der Waals surface area (Å²) >= 11 is 0. The Labute approximate surface area is 225 Å². The van der Waals surface area contributed by atoms with Gasteiger partial charge in [0.1, 0.15) is 11.3 Å². The van der Waals surface area contributed by atoms with Crippen LogP contribution in [0.1, 0.15) is 71.2 Å². The quantitative estimate of drug-likeness (QED) is 0.240. The second kappa shape index (κ2) is 11.0. The number of benzene rings is 1. The molecule has 0 N–H and O–H groups in total. The maximum Gasteiger partial charge on any atom is 0.418 e. The van der Waals surface area contributed by atoms with E-state index in [2.05, 4.69) is 15.0 Å². The molecule has 4 aromatic rings. The molecule has 1 aromatic carbocycles. The molecule has 3 heterocycles. The highest BCUT2D eigenvalue weighted by atomic mass is 19.4. The van der Waals surface area contributed by atoms with Crippen molar-refractivity contribution < 1.29 is 26.3 Å². The van der Waals surface area contributed by atoms with E-state index >= 15 is 0 Å². The number of aryl methyl sites for hydroxylation is 1. The van der Waals surface area contributed by atoms with Crippen molar-refractivity contribution in [3.63, 3.8) is 0 Å². The first-order valence-electron chi connectivity index (χ1n) is 13.0. The van der Waals surface area contributed by atoms with Crippen molar-refractivity contribution in [2.24, 2.45) is 0 Å². The largest absolute Gasteiger partial charge is 0.418 e. The van der Waals surface area contributed by atoms with Crippen LogP contribution in [-0.2, 0) is 19.1 Å². The average molecular weight is 561 g/mol. The first kappa shape index (κ1) is 27.8. The lowest BCUT2D eigenvalue weighted by Crippen LogP contribution is -2.29. The van der Waals surface area contributed by atoms with Gasteiger partial charge in [-0.2, -0.15) is 13.2 Å². The van der Waals surface area contributed by atoms with E-state index in [4.69, 9.17) is 0 Å². The van der Waals surface area contributed by atoms with E-state index in [1.165, 1.54) is 18.5 Å². The monoisotopic (exact) mass is 560 g/mol. The van der Waals surface area contributed by atoms with Gasteiger partial charge in [0.2, 0.25) is 6.43 Å². The Balaban J connectivity index is 1.55. The highest BCUT2D eigenvalue weighted by Crippen LogP contribution is 2.42. The van der Waals surface area contributed by atoms with Crippen molar-refractivity contribution in [2.75, 3.05) is 0 Å². The number of alkyl halides is 5. The molecule has 0 atom stereocenters. The minimum atomic E-state index is -4.71. The predicted molar refractivity (Wildman–Crippen MR) is 137 cm³/mol. The molecule has 1 aliphatic rings. The molecular formula is C29H26F6N4O. The molecule has 0 amide bonds. The summed E-state index contributed by atoms with van der Waals surface area (Å²) in [5, 5.41) is 0. The molecule has 0 aliphatic heterocycles. The fourth-order valence-corrected chi connectivity index (χ4v) is 5.71. The van der Waals surface area contributed by atoms with Crippen LogP contribution in [0.4, 0.5) is 26.3 Å². The van der Waals surface area contributed by atoms with Gasteiger partial charge in [-0.05, 0) is 79.8 Å². The zero-order valence-electron chi connectivity index (χ0n) is 21.6. The molecule has 40 heavy (non-hydrogen) atoms. The van der Waals surface area contributed by atoms with Gasteiger partial charge in [0.05, 0.1) is 29.9 Å². The number of hydrogen-bond donors (Lipinski definition) is 0. The van der Waals surface area contributed by atoms with Crippen LogP contribution in [0.3, 0.4) is 0 Å². The van der Waals surface area contributed by atoms with Gasteiger partial charge in [-0.25, -0.2) is 18.2 Å². The fraction of sp³-hybridized carbons (Fsp3) is 0.379. The second-order valence-electron chi connectivity index (χ2n) is 10.2. The van der Waals surface area contributed by atoms with Crippen molar-refractivity contribution in [3.8, 4) is 0 Å². The van der Waals surface area contributed by atoms with E-state index in [0.717, 1.165) is 22.3 Å². The maximum absolute atomic E-state index is 14.6. The van der Waals surface area contributed by atoms with E-state index < -0.39 is 42.4 Å². The van der Waals surface area contributed by atoms with Gasteiger partial charge in [-0.3, -0.25) is 19.3 Å². The third-order valence-electron chi connectivity index (χ3n) is 7.58. The molecule has 5 nitrogen and oxygen atoms in total. The summed E-state index contributed by atoms with van der Waals surface area (Å²) in [6, 6.07) is 8.54. The lowest BCUT2D eigenvalue weighted by molar-refractivity contribution is -0.138. The zero-order chi connectivity index (χ0) is 28.6. The van der Waals surface area contributed by atoms with Gasteiger partial charge in [0.15, 0.2) is 5.65 Å². The SMILES string of the molecule is Cc1cccc(F)c1[C@H]1CC[C@H](c2cc3ncc(CC(F)F)nc3n(Cc3ncccc3C(F)(F)F)c2=O)CC1. The summed E-state index contributed by atoms with van der Waals surface area (Å²) in [5.41, 5.74) is -0.0248. The van der Waals surface area contributed by atoms with E-state index in [9.17, 15) is 31.1 Å². The number of fused-ring (bicyclic) bond motifs is 1. The number of aromatic nitrogens is 4. The minimum absolute atomic E-state index is 0.0142. The summed E-state index contributed by atoms with van der Waals surface area (Å²) in [5.74, 6) is -0.512. The van der Waals surface area contributed by atoms with Crippen molar-refractivity contribution in [1.82, 2.24) is 19.5 Å².